The van der Waals surface area contributed by atoms with Gasteiger partial charge in [-0.25, -0.2) is 4.79 Å². The van der Waals surface area contributed by atoms with Crippen molar-refractivity contribution in [2.45, 2.75) is 24.3 Å². The first-order chi connectivity index (χ1) is 8.25. The highest BCUT2D eigenvalue weighted by molar-refractivity contribution is 9.09. The minimum atomic E-state index is -0.210. The molecule has 0 aliphatic carbocycles. The number of benzene rings is 1. The molecular formula is C13H16BrNO2. The lowest BCUT2D eigenvalue weighted by Gasteiger charge is -2.29. The van der Waals surface area contributed by atoms with Gasteiger partial charge in [0.25, 0.3) is 0 Å². The third-order valence-corrected chi connectivity index (χ3v) is 3.57. The molecule has 0 N–H and O–H groups in total. The summed E-state index contributed by atoms with van der Waals surface area (Å²) in [5.41, 5.74) is 1.02. The van der Waals surface area contributed by atoms with Gasteiger partial charge >= 0.3 is 6.09 Å². The van der Waals surface area contributed by atoms with Crippen LogP contribution in [0.2, 0.25) is 0 Å². The predicted molar refractivity (Wildman–Crippen MR) is 70.1 cm³/mol. The highest BCUT2D eigenvalue weighted by Gasteiger charge is 2.22. The van der Waals surface area contributed by atoms with E-state index in [0.29, 0.717) is 11.4 Å². The number of hydrogen-bond acceptors (Lipinski definition) is 2. The number of ether oxygens (including phenoxy) is 1. The topological polar surface area (TPSA) is 29.5 Å². The van der Waals surface area contributed by atoms with E-state index in [4.69, 9.17) is 4.74 Å². The number of rotatable bonds is 2. The molecule has 0 bridgehead atoms. The molecule has 1 aliphatic heterocycles. The smallest absolute Gasteiger partial charge is 0.410 e. The molecule has 0 radical (unpaired) electrons. The van der Waals surface area contributed by atoms with Crippen LogP contribution in [0.1, 0.15) is 18.4 Å². The molecule has 1 saturated heterocycles. The molecule has 17 heavy (non-hydrogen) atoms. The summed E-state index contributed by atoms with van der Waals surface area (Å²) in [6, 6.07) is 9.75. The van der Waals surface area contributed by atoms with Crippen molar-refractivity contribution in [2.75, 3.05) is 13.1 Å². The zero-order valence-corrected chi connectivity index (χ0v) is 11.2. The average molecular weight is 298 g/mol. The lowest BCUT2D eigenvalue weighted by molar-refractivity contribution is 0.0906. The number of hydrogen-bond donors (Lipinski definition) is 0. The molecule has 4 heteroatoms. The molecule has 2 rings (SSSR count). The van der Waals surface area contributed by atoms with Gasteiger partial charge in [0.1, 0.15) is 6.61 Å². The van der Waals surface area contributed by atoms with Gasteiger partial charge in [-0.15, -0.1) is 0 Å². The SMILES string of the molecule is O=C(OCc1ccccc1)N1CCCC(Br)C1. The van der Waals surface area contributed by atoms with Crippen molar-refractivity contribution in [1.29, 1.82) is 0 Å². The summed E-state index contributed by atoms with van der Waals surface area (Å²) in [7, 11) is 0. The second kappa shape index (κ2) is 6.05. The number of alkyl halides is 1. The molecule has 0 saturated carbocycles. The Morgan fingerprint density at radius 1 is 1.41 bits per heavy atom. The number of carbonyl (C=O) groups excluding carboxylic acids is 1. The van der Waals surface area contributed by atoms with Crippen LogP contribution in [-0.4, -0.2) is 28.9 Å². The first-order valence-corrected chi connectivity index (χ1v) is 6.77. The average Bonchev–Trinajstić information content (AvgIpc) is 2.37. The first kappa shape index (κ1) is 12.4. The third-order valence-electron chi connectivity index (χ3n) is 2.83. The predicted octanol–water partition coefficient (Wildman–Crippen LogP) is 3.18. The summed E-state index contributed by atoms with van der Waals surface area (Å²) in [6.07, 6.45) is 1.96. The summed E-state index contributed by atoms with van der Waals surface area (Å²) in [4.78, 5) is 14.0. The van der Waals surface area contributed by atoms with Crippen LogP contribution in [0.25, 0.3) is 0 Å². The van der Waals surface area contributed by atoms with Crippen molar-refractivity contribution in [3.8, 4) is 0 Å². The molecule has 1 aromatic carbocycles. The van der Waals surface area contributed by atoms with Gasteiger partial charge in [-0.2, -0.15) is 0 Å². The number of nitrogens with zero attached hydrogens (tertiary/aromatic N) is 1. The normalized spacial score (nSPS) is 20.1. The highest BCUT2D eigenvalue weighted by atomic mass is 79.9. The minimum absolute atomic E-state index is 0.210. The second-order valence-corrected chi connectivity index (χ2v) is 5.52. The van der Waals surface area contributed by atoms with Crippen LogP contribution >= 0.6 is 15.9 Å². The second-order valence-electron chi connectivity index (χ2n) is 4.23. The highest BCUT2D eigenvalue weighted by Crippen LogP contribution is 2.17. The maximum absolute atomic E-state index is 11.8. The number of amides is 1. The van der Waals surface area contributed by atoms with Gasteiger partial charge in [0, 0.05) is 17.9 Å². The summed E-state index contributed by atoms with van der Waals surface area (Å²) in [5.74, 6) is 0. The van der Waals surface area contributed by atoms with E-state index in [0.717, 1.165) is 31.5 Å². The van der Waals surface area contributed by atoms with Crippen LogP contribution in [0, 0.1) is 0 Å². The van der Waals surface area contributed by atoms with Gasteiger partial charge in [-0.1, -0.05) is 46.3 Å². The van der Waals surface area contributed by atoms with Crippen molar-refractivity contribution >= 4 is 22.0 Å². The van der Waals surface area contributed by atoms with E-state index in [1.54, 1.807) is 4.90 Å². The summed E-state index contributed by atoms with van der Waals surface area (Å²) in [5, 5.41) is 0. The minimum Gasteiger partial charge on any atom is -0.445 e. The maximum Gasteiger partial charge on any atom is 0.410 e. The Morgan fingerprint density at radius 2 is 2.18 bits per heavy atom. The summed E-state index contributed by atoms with van der Waals surface area (Å²) in [6.45, 7) is 1.90. The van der Waals surface area contributed by atoms with E-state index in [2.05, 4.69) is 15.9 Å². The van der Waals surface area contributed by atoms with Crippen molar-refractivity contribution in [1.82, 2.24) is 4.90 Å². The fourth-order valence-corrected chi connectivity index (χ4v) is 2.58. The molecule has 1 amide bonds. The molecule has 3 nitrogen and oxygen atoms in total. The lowest BCUT2D eigenvalue weighted by atomic mass is 10.1. The van der Waals surface area contributed by atoms with Gasteiger partial charge in [-0.05, 0) is 18.4 Å². The summed E-state index contributed by atoms with van der Waals surface area (Å²) < 4.78 is 5.28. The molecule has 1 heterocycles. The molecule has 1 atom stereocenters. The van der Waals surface area contributed by atoms with Gasteiger partial charge in [0.15, 0.2) is 0 Å². The van der Waals surface area contributed by atoms with Gasteiger partial charge in [-0.3, -0.25) is 0 Å². The van der Waals surface area contributed by atoms with E-state index in [1.807, 2.05) is 30.3 Å². The van der Waals surface area contributed by atoms with Crippen LogP contribution in [-0.2, 0) is 11.3 Å². The lowest BCUT2D eigenvalue weighted by Crippen LogP contribution is -2.40. The van der Waals surface area contributed by atoms with E-state index in [1.165, 1.54) is 0 Å². The monoisotopic (exact) mass is 297 g/mol. The zero-order chi connectivity index (χ0) is 12.1. The van der Waals surface area contributed by atoms with Gasteiger partial charge in [0.05, 0.1) is 0 Å². The van der Waals surface area contributed by atoms with E-state index in [9.17, 15) is 4.79 Å². The number of likely N-dealkylation sites (tertiary alicyclic amines) is 1. The Bertz CT molecular complexity index is 369. The molecule has 1 unspecified atom stereocenters. The van der Waals surface area contributed by atoms with Crippen molar-refractivity contribution in [3.63, 3.8) is 0 Å². The fraction of sp³-hybridized carbons (Fsp3) is 0.462. The Morgan fingerprint density at radius 3 is 2.88 bits per heavy atom. The summed E-state index contributed by atoms with van der Waals surface area (Å²) >= 11 is 3.54. The molecule has 0 aromatic heterocycles. The van der Waals surface area contributed by atoms with Gasteiger partial charge in [0.2, 0.25) is 0 Å². The van der Waals surface area contributed by atoms with Crippen LogP contribution in [0.15, 0.2) is 30.3 Å². The van der Waals surface area contributed by atoms with Crippen LogP contribution in [0.3, 0.4) is 0 Å². The Hall–Kier alpha value is -1.03. The van der Waals surface area contributed by atoms with E-state index >= 15 is 0 Å². The molecular weight excluding hydrogens is 282 g/mol. The number of piperidine rings is 1. The molecule has 1 aliphatic rings. The van der Waals surface area contributed by atoms with Crippen LogP contribution < -0.4 is 0 Å². The van der Waals surface area contributed by atoms with E-state index < -0.39 is 0 Å². The van der Waals surface area contributed by atoms with Crippen molar-refractivity contribution < 1.29 is 9.53 Å². The van der Waals surface area contributed by atoms with Crippen molar-refractivity contribution in [2.24, 2.45) is 0 Å². The number of carbonyl (C=O) groups is 1. The Labute approximate surface area is 110 Å². The quantitative estimate of drug-likeness (QED) is 0.785. The standard InChI is InChI=1S/C13H16BrNO2/c14-12-7-4-8-15(9-12)13(16)17-10-11-5-2-1-3-6-11/h1-3,5-6,12H,4,7-10H2. The van der Waals surface area contributed by atoms with Crippen LogP contribution in [0.5, 0.6) is 0 Å². The Balaban J connectivity index is 1.81. The van der Waals surface area contributed by atoms with Gasteiger partial charge < -0.3 is 9.64 Å². The maximum atomic E-state index is 11.8. The molecule has 92 valence electrons. The zero-order valence-electron chi connectivity index (χ0n) is 9.64. The number of halogens is 1. The van der Waals surface area contributed by atoms with Crippen LogP contribution in [0.4, 0.5) is 4.79 Å². The molecule has 1 fully saturated rings. The van der Waals surface area contributed by atoms with E-state index in [-0.39, 0.29) is 6.09 Å². The van der Waals surface area contributed by atoms with Crippen molar-refractivity contribution in [3.05, 3.63) is 35.9 Å². The molecule has 0 spiro atoms. The third kappa shape index (κ3) is 3.73. The molecule has 1 aromatic rings. The Kier molecular flexibility index (Phi) is 4.42. The first-order valence-electron chi connectivity index (χ1n) is 5.85. The largest absolute Gasteiger partial charge is 0.445 e. The fourth-order valence-electron chi connectivity index (χ4n) is 1.90.